The first-order chi connectivity index (χ1) is 6.77. The number of hydrogen-bond donors (Lipinski definition) is 2. The third-order valence-corrected chi connectivity index (χ3v) is 2.24. The predicted octanol–water partition coefficient (Wildman–Crippen LogP) is 0.0826. The minimum Gasteiger partial charge on any atom is -0.396 e. The van der Waals surface area contributed by atoms with Crippen molar-refractivity contribution in [3.8, 4) is 0 Å². The van der Waals surface area contributed by atoms with Crippen LogP contribution in [0.4, 0.5) is 17.3 Å². The van der Waals surface area contributed by atoms with E-state index in [2.05, 4.69) is 9.88 Å². The van der Waals surface area contributed by atoms with E-state index >= 15 is 0 Å². The highest BCUT2D eigenvalue weighted by Crippen LogP contribution is 2.22. The summed E-state index contributed by atoms with van der Waals surface area (Å²) in [7, 11) is 0. The third kappa shape index (κ3) is 1.72. The molecule has 1 aromatic heterocycles. The second-order valence-corrected chi connectivity index (χ2v) is 3.25. The summed E-state index contributed by atoms with van der Waals surface area (Å²) < 4.78 is 5.25. The fourth-order valence-corrected chi connectivity index (χ4v) is 1.50. The number of ether oxygens (including phenoxy) is 1. The Bertz CT molecular complexity index is 323. The lowest BCUT2D eigenvalue weighted by Gasteiger charge is -2.28. The minimum absolute atomic E-state index is 0.501. The van der Waals surface area contributed by atoms with Crippen LogP contribution in [-0.2, 0) is 4.74 Å². The molecule has 0 aliphatic carbocycles. The number of nitrogen functional groups attached to an aromatic ring is 2. The number of nitrogens with two attached hydrogens (primary N) is 2. The maximum Gasteiger partial charge on any atom is 0.154 e. The Morgan fingerprint density at radius 1 is 1.21 bits per heavy atom. The summed E-state index contributed by atoms with van der Waals surface area (Å²) in [6.45, 7) is 3.08. The van der Waals surface area contributed by atoms with E-state index in [1.54, 1.807) is 12.1 Å². The van der Waals surface area contributed by atoms with Crippen molar-refractivity contribution in [3.63, 3.8) is 0 Å². The summed E-state index contributed by atoms with van der Waals surface area (Å²) in [6.07, 6.45) is 0. The zero-order valence-electron chi connectivity index (χ0n) is 7.94. The average molecular weight is 194 g/mol. The highest BCUT2D eigenvalue weighted by Gasteiger charge is 2.14. The Morgan fingerprint density at radius 2 is 1.93 bits per heavy atom. The summed E-state index contributed by atoms with van der Waals surface area (Å²) in [4.78, 5) is 6.31. The van der Waals surface area contributed by atoms with E-state index in [4.69, 9.17) is 16.2 Å². The van der Waals surface area contributed by atoms with Gasteiger partial charge in [0.15, 0.2) is 5.82 Å². The van der Waals surface area contributed by atoms with E-state index in [0.717, 1.165) is 32.1 Å². The molecule has 0 unspecified atom stereocenters. The zero-order chi connectivity index (χ0) is 9.97. The van der Waals surface area contributed by atoms with Crippen LogP contribution < -0.4 is 16.4 Å². The van der Waals surface area contributed by atoms with Gasteiger partial charge in [-0.1, -0.05) is 0 Å². The molecule has 0 spiro atoms. The molecule has 0 saturated carbocycles. The molecule has 14 heavy (non-hydrogen) atoms. The molecule has 4 N–H and O–H groups in total. The standard InChI is InChI=1S/C9H14N4O/c10-7-1-2-8(11)12-9(7)13-3-5-14-6-4-13/h1-2H,3-6,10H2,(H2,11,12). The summed E-state index contributed by atoms with van der Waals surface area (Å²) in [5.41, 5.74) is 12.1. The van der Waals surface area contributed by atoms with Gasteiger partial charge in [-0.2, -0.15) is 0 Å². The second kappa shape index (κ2) is 3.71. The molecule has 0 aromatic carbocycles. The molecule has 1 aliphatic heterocycles. The molecule has 5 heteroatoms. The minimum atomic E-state index is 0.501. The maximum atomic E-state index is 5.82. The Hall–Kier alpha value is -1.49. The van der Waals surface area contributed by atoms with E-state index in [9.17, 15) is 0 Å². The number of aromatic nitrogens is 1. The van der Waals surface area contributed by atoms with Crippen molar-refractivity contribution < 1.29 is 4.74 Å². The molecule has 0 atom stereocenters. The lowest BCUT2D eigenvalue weighted by Crippen LogP contribution is -2.37. The predicted molar refractivity (Wildman–Crippen MR) is 56.1 cm³/mol. The summed E-state index contributed by atoms with van der Waals surface area (Å²) in [5.74, 6) is 1.27. The highest BCUT2D eigenvalue weighted by molar-refractivity contribution is 5.65. The number of pyridine rings is 1. The quantitative estimate of drug-likeness (QED) is 0.662. The van der Waals surface area contributed by atoms with Crippen LogP contribution in [0.15, 0.2) is 12.1 Å². The molecule has 2 rings (SSSR count). The van der Waals surface area contributed by atoms with Gasteiger partial charge in [-0.05, 0) is 12.1 Å². The zero-order valence-corrected chi connectivity index (χ0v) is 7.94. The molecule has 0 bridgehead atoms. The number of hydrogen-bond acceptors (Lipinski definition) is 5. The summed E-state index contributed by atoms with van der Waals surface area (Å²) >= 11 is 0. The van der Waals surface area contributed by atoms with Crippen molar-refractivity contribution in [2.45, 2.75) is 0 Å². The van der Waals surface area contributed by atoms with Gasteiger partial charge < -0.3 is 21.1 Å². The van der Waals surface area contributed by atoms with Gasteiger partial charge in [0, 0.05) is 13.1 Å². The molecule has 1 aliphatic rings. The van der Waals surface area contributed by atoms with Gasteiger partial charge in [0.05, 0.1) is 18.9 Å². The molecular weight excluding hydrogens is 180 g/mol. The largest absolute Gasteiger partial charge is 0.396 e. The average Bonchev–Trinajstić information content (AvgIpc) is 2.23. The van der Waals surface area contributed by atoms with Crippen molar-refractivity contribution >= 4 is 17.3 Å². The van der Waals surface area contributed by atoms with Crippen LogP contribution in [0.5, 0.6) is 0 Å². The number of nitrogens with zero attached hydrogens (tertiary/aromatic N) is 2. The lowest BCUT2D eigenvalue weighted by molar-refractivity contribution is 0.122. The van der Waals surface area contributed by atoms with Gasteiger partial charge in [0.1, 0.15) is 5.82 Å². The Morgan fingerprint density at radius 3 is 2.64 bits per heavy atom. The molecular formula is C9H14N4O. The number of anilines is 3. The molecule has 2 heterocycles. The fraction of sp³-hybridized carbons (Fsp3) is 0.444. The van der Waals surface area contributed by atoms with Crippen LogP contribution in [0.25, 0.3) is 0 Å². The smallest absolute Gasteiger partial charge is 0.154 e. The van der Waals surface area contributed by atoms with Crippen LogP contribution in [0, 0.1) is 0 Å². The fourth-order valence-electron chi connectivity index (χ4n) is 1.50. The van der Waals surface area contributed by atoms with Gasteiger partial charge in [-0.25, -0.2) is 4.98 Å². The monoisotopic (exact) mass is 194 g/mol. The first-order valence-electron chi connectivity index (χ1n) is 4.62. The maximum absolute atomic E-state index is 5.82. The van der Waals surface area contributed by atoms with Crippen LogP contribution in [0.3, 0.4) is 0 Å². The molecule has 76 valence electrons. The summed E-state index contributed by atoms with van der Waals surface area (Å²) in [5, 5.41) is 0. The third-order valence-electron chi connectivity index (χ3n) is 2.24. The van der Waals surface area contributed by atoms with Crippen LogP contribution >= 0.6 is 0 Å². The molecule has 1 saturated heterocycles. The molecule has 0 amide bonds. The molecule has 0 radical (unpaired) electrons. The van der Waals surface area contributed by atoms with Crippen LogP contribution in [-0.4, -0.2) is 31.3 Å². The van der Waals surface area contributed by atoms with Crippen LogP contribution in [0.2, 0.25) is 0 Å². The van der Waals surface area contributed by atoms with Crippen molar-refractivity contribution in [2.24, 2.45) is 0 Å². The van der Waals surface area contributed by atoms with E-state index in [1.807, 2.05) is 0 Å². The Kier molecular flexibility index (Phi) is 2.41. The highest BCUT2D eigenvalue weighted by atomic mass is 16.5. The first-order valence-corrected chi connectivity index (χ1v) is 4.62. The van der Waals surface area contributed by atoms with E-state index in [-0.39, 0.29) is 0 Å². The van der Waals surface area contributed by atoms with Crippen molar-refractivity contribution in [3.05, 3.63) is 12.1 Å². The van der Waals surface area contributed by atoms with E-state index in [0.29, 0.717) is 11.5 Å². The SMILES string of the molecule is Nc1ccc(N)c(N2CCOCC2)n1. The van der Waals surface area contributed by atoms with E-state index < -0.39 is 0 Å². The molecule has 5 nitrogen and oxygen atoms in total. The van der Waals surface area contributed by atoms with Crippen molar-refractivity contribution in [2.75, 3.05) is 42.7 Å². The second-order valence-electron chi connectivity index (χ2n) is 3.25. The van der Waals surface area contributed by atoms with E-state index in [1.165, 1.54) is 0 Å². The van der Waals surface area contributed by atoms with Crippen molar-refractivity contribution in [1.29, 1.82) is 0 Å². The lowest BCUT2D eigenvalue weighted by atomic mass is 10.3. The summed E-state index contributed by atoms with van der Waals surface area (Å²) in [6, 6.07) is 3.49. The van der Waals surface area contributed by atoms with Gasteiger partial charge in [0.25, 0.3) is 0 Å². The molecule has 1 aromatic rings. The van der Waals surface area contributed by atoms with Crippen molar-refractivity contribution in [1.82, 2.24) is 4.98 Å². The number of morpholine rings is 1. The molecule has 1 fully saturated rings. The topological polar surface area (TPSA) is 77.4 Å². The Labute approximate surface area is 82.7 Å². The van der Waals surface area contributed by atoms with Gasteiger partial charge in [-0.15, -0.1) is 0 Å². The first kappa shape index (κ1) is 9.08. The number of rotatable bonds is 1. The van der Waals surface area contributed by atoms with Crippen LogP contribution in [0.1, 0.15) is 0 Å². The van der Waals surface area contributed by atoms with Gasteiger partial charge in [-0.3, -0.25) is 0 Å². The normalized spacial score (nSPS) is 17.0. The van der Waals surface area contributed by atoms with Gasteiger partial charge >= 0.3 is 0 Å². The Balaban J connectivity index is 2.24. The van der Waals surface area contributed by atoms with Gasteiger partial charge in [0.2, 0.25) is 0 Å².